The molecule has 0 fully saturated rings. The van der Waals surface area contributed by atoms with Gasteiger partial charge in [0.05, 0.1) is 18.1 Å². The monoisotopic (exact) mass is 573 g/mol. The average Bonchev–Trinajstić information content (AvgIpc) is 2.89. The van der Waals surface area contributed by atoms with Gasteiger partial charge in [-0.1, -0.05) is 60.5 Å². The first-order chi connectivity index (χ1) is 18.4. The second-order valence-electron chi connectivity index (χ2n) is 9.96. The molecule has 7 nitrogen and oxygen atoms in total. The summed E-state index contributed by atoms with van der Waals surface area (Å²) in [5.41, 5.74) is 0.0768. The number of carbonyl (C=O) groups excluding carboxylic acids is 2. The van der Waals surface area contributed by atoms with Crippen LogP contribution in [-0.2, 0) is 16.0 Å². The molecule has 208 valence electrons. The number of hydrogen-bond donors (Lipinski definition) is 1. The normalized spacial score (nSPS) is 13.7. The molecule has 0 amide bonds. The van der Waals surface area contributed by atoms with Gasteiger partial charge < -0.3 is 19.3 Å². The summed E-state index contributed by atoms with van der Waals surface area (Å²) in [4.78, 5) is 29.9. The Morgan fingerprint density at radius 2 is 1.72 bits per heavy atom. The van der Waals surface area contributed by atoms with Gasteiger partial charge in [0.25, 0.3) is 0 Å². The molecular weight excluding hydrogens is 541 g/mol. The third-order valence-corrected chi connectivity index (χ3v) is 7.12. The van der Waals surface area contributed by atoms with Crippen LogP contribution in [0.25, 0.3) is 0 Å². The summed E-state index contributed by atoms with van der Waals surface area (Å²) in [7, 11) is 1.38. The number of aromatic hydroxyl groups is 1. The van der Waals surface area contributed by atoms with Crippen LogP contribution < -0.4 is 9.47 Å². The van der Waals surface area contributed by atoms with E-state index in [-0.39, 0.29) is 29.5 Å². The van der Waals surface area contributed by atoms with Gasteiger partial charge in [0.1, 0.15) is 17.5 Å². The van der Waals surface area contributed by atoms with E-state index in [2.05, 4.69) is 4.98 Å². The highest BCUT2D eigenvalue weighted by molar-refractivity contribution is 6.35. The zero-order valence-corrected chi connectivity index (χ0v) is 24.1. The first-order valence-corrected chi connectivity index (χ1v) is 13.3. The molecule has 0 aliphatic heterocycles. The minimum absolute atomic E-state index is 0.129. The molecule has 1 N–H and O–H groups in total. The number of hydrogen-bond acceptors (Lipinski definition) is 7. The van der Waals surface area contributed by atoms with E-state index in [4.69, 9.17) is 37.4 Å². The van der Waals surface area contributed by atoms with Crippen LogP contribution in [0.3, 0.4) is 0 Å². The van der Waals surface area contributed by atoms with Crippen molar-refractivity contribution >= 4 is 35.0 Å². The zero-order chi connectivity index (χ0) is 28.7. The number of methoxy groups -OCH3 is 1. The predicted octanol–water partition coefficient (Wildman–Crippen LogP) is 6.96. The molecule has 39 heavy (non-hydrogen) atoms. The lowest BCUT2D eigenvalue weighted by Gasteiger charge is -2.38. The number of nitrogens with zero attached hydrogens (tertiary/aromatic N) is 1. The third kappa shape index (κ3) is 7.87. The van der Waals surface area contributed by atoms with E-state index in [1.54, 1.807) is 25.1 Å². The number of Topliss-reactive ketones (excluding diaryl/α,β-unsaturated/α-hetero) is 1. The lowest BCUT2D eigenvalue weighted by Crippen LogP contribution is -2.46. The maximum Gasteiger partial charge on any atom is 0.309 e. The van der Waals surface area contributed by atoms with Gasteiger partial charge in [-0.05, 0) is 51.0 Å². The van der Waals surface area contributed by atoms with Gasteiger partial charge >= 0.3 is 5.97 Å². The first-order valence-electron chi connectivity index (χ1n) is 12.6. The van der Waals surface area contributed by atoms with Gasteiger partial charge in [-0.15, -0.1) is 0 Å². The van der Waals surface area contributed by atoms with Crippen LogP contribution in [-0.4, -0.2) is 40.7 Å². The molecule has 0 bridgehead atoms. The summed E-state index contributed by atoms with van der Waals surface area (Å²) in [6.45, 7) is 7.25. The Hall–Kier alpha value is -3.29. The topological polar surface area (TPSA) is 95.0 Å². The molecular formula is C30H33Cl2NO6. The summed E-state index contributed by atoms with van der Waals surface area (Å²) in [5.74, 6) is -1.87. The molecule has 3 atom stereocenters. The van der Waals surface area contributed by atoms with Crippen LogP contribution in [0.1, 0.15) is 50.2 Å². The number of aromatic nitrogens is 1. The van der Waals surface area contributed by atoms with Gasteiger partial charge in [0, 0.05) is 29.6 Å². The Morgan fingerprint density at radius 3 is 2.36 bits per heavy atom. The summed E-state index contributed by atoms with van der Waals surface area (Å²) >= 11 is 12.4. The Balaban J connectivity index is 1.77. The summed E-state index contributed by atoms with van der Waals surface area (Å²) < 4.78 is 17.3. The fourth-order valence-electron chi connectivity index (χ4n) is 4.41. The molecule has 0 spiro atoms. The molecule has 3 aromatic rings. The van der Waals surface area contributed by atoms with Crippen LogP contribution in [0.4, 0.5) is 0 Å². The number of carbonyl (C=O) groups is 2. The van der Waals surface area contributed by atoms with Crippen LogP contribution in [0.5, 0.6) is 17.2 Å². The van der Waals surface area contributed by atoms with E-state index >= 15 is 0 Å². The number of esters is 1. The molecule has 3 rings (SSSR count). The maximum atomic E-state index is 13.1. The van der Waals surface area contributed by atoms with E-state index in [0.29, 0.717) is 22.2 Å². The van der Waals surface area contributed by atoms with Crippen LogP contribution in [0.15, 0.2) is 60.8 Å². The number of ether oxygens (including phenoxy) is 3. The fraction of sp³-hybridized carbons (Fsp3) is 0.367. The van der Waals surface area contributed by atoms with Gasteiger partial charge in [-0.3, -0.25) is 9.59 Å². The number of ketones is 1. The zero-order valence-electron chi connectivity index (χ0n) is 22.6. The largest absolute Gasteiger partial charge is 0.503 e. The molecule has 0 saturated heterocycles. The molecule has 0 radical (unpaired) electrons. The van der Waals surface area contributed by atoms with Crippen molar-refractivity contribution in [2.75, 3.05) is 7.11 Å². The smallest absolute Gasteiger partial charge is 0.309 e. The number of pyridine rings is 1. The minimum Gasteiger partial charge on any atom is -0.503 e. The van der Waals surface area contributed by atoms with Crippen LogP contribution >= 0.6 is 23.2 Å². The standard InChI is InChI=1S/C30H33Cl2NO6/c1-18(15-24(34)27-28(35)26(37-5)13-14-33-27)29(36)38-19(2)22(16-20-9-7-6-8-10-20)30(3,4)39-25-12-11-21(31)17-23(25)32/h6-14,17-19,22,35H,15-16H2,1-5H3/t18-,19+,22+/m1/s1. The minimum atomic E-state index is -0.817. The van der Waals surface area contributed by atoms with E-state index in [1.807, 2.05) is 51.1 Å². The van der Waals surface area contributed by atoms with Crippen molar-refractivity contribution in [1.29, 1.82) is 0 Å². The van der Waals surface area contributed by atoms with Crippen molar-refractivity contribution in [2.45, 2.75) is 52.2 Å². The fourth-order valence-corrected chi connectivity index (χ4v) is 4.85. The number of halogens is 2. The van der Waals surface area contributed by atoms with Gasteiger partial charge in [0.15, 0.2) is 23.0 Å². The van der Waals surface area contributed by atoms with E-state index in [0.717, 1.165) is 5.56 Å². The lowest BCUT2D eigenvalue weighted by molar-refractivity contribution is -0.159. The first kappa shape index (κ1) is 30.3. The second-order valence-corrected chi connectivity index (χ2v) is 10.8. The SMILES string of the molecule is COc1ccnc(C(=O)C[C@@H](C)C(=O)O[C@@H](C)[C@H](Cc2ccccc2)C(C)(C)Oc2ccc(Cl)cc2Cl)c1O. The molecule has 0 unspecified atom stereocenters. The molecule has 2 aromatic carbocycles. The number of rotatable bonds is 12. The second kappa shape index (κ2) is 13.2. The van der Waals surface area contributed by atoms with Gasteiger partial charge in [0.2, 0.25) is 0 Å². The van der Waals surface area contributed by atoms with Crippen molar-refractivity contribution in [3.05, 3.63) is 82.1 Å². The Labute approximate surface area is 239 Å². The van der Waals surface area contributed by atoms with Crippen molar-refractivity contribution in [2.24, 2.45) is 11.8 Å². The molecule has 1 heterocycles. The van der Waals surface area contributed by atoms with Gasteiger partial charge in [-0.25, -0.2) is 4.98 Å². The van der Waals surface area contributed by atoms with Crippen molar-refractivity contribution in [3.63, 3.8) is 0 Å². The molecule has 9 heteroatoms. The lowest BCUT2D eigenvalue weighted by atomic mass is 9.81. The third-order valence-electron chi connectivity index (χ3n) is 6.59. The number of benzene rings is 2. The van der Waals surface area contributed by atoms with Crippen LogP contribution in [0.2, 0.25) is 10.0 Å². The van der Waals surface area contributed by atoms with E-state index in [1.165, 1.54) is 19.4 Å². The summed E-state index contributed by atoms with van der Waals surface area (Å²) in [6, 6.07) is 16.3. The quantitative estimate of drug-likeness (QED) is 0.185. The highest BCUT2D eigenvalue weighted by Crippen LogP contribution is 2.36. The van der Waals surface area contributed by atoms with Crippen LogP contribution in [0, 0.1) is 11.8 Å². The Bertz CT molecular complexity index is 1300. The average molecular weight is 575 g/mol. The molecule has 0 aliphatic carbocycles. The highest BCUT2D eigenvalue weighted by Gasteiger charge is 2.39. The Morgan fingerprint density at radius 1 is 1.03 bits per heavy atom. The summed E-state index contributed by atoms with van der Waals surface area (Å²) in [5, 5.41) is 11.1. The predicted molar refractivity (Wildman–Crippen MR) is 151 cm³/mol. The maximum absolute atomic E-state index is 13.1. The molecule has 1 aromatic heterocycles. The van der Waals surface area contributed by atoms with Crippen molar-refractivity contribution in [3.8, 4) is 17.2 Å². The molecule has 0 aliphatic rings. The highest BCUT2D eigenvalue weighted by atomic mass is 35.5. The van der Waals surface area contributed by atoms with Gasteiger partial charge in [-0.2, -0.15) is 0 Å². The molecule has 0 saturated carbocycles. The summed E-state index contributed by atoms with van der Waals surface area (Å²) in [6.07, 6.45) is 1.14. The van der Waals surface area contributed by atoms with E-state index in [9.17, 15) is 14.7 Å². The Kier molecular flexibility index (Phi) is 10.2. The van der Waals surface area contributed by atoms with Crippen molar-refractivity contribution < 1.29 is 28.9 Å². The van der Waals surface area contributed by atoms with E-state index < -0.39 is 29.4 Å². The van der Waals surface area contributed by atoms with Crippen molar-refractivity contribution in [1.82, 2.24) is 4.98 Å².